The van der Waals surface area contributed by atoms with Crippen molar-refractivity contribution in [3.8, 4) is 0 Å². The van der Waals surface area contributed by atoms with Crippen molar-refractivity contribution in [2.45, 2.75) is 52.1 Å². The van der Waals surface area contributed by atoms with E-state index < -0.39 is 0 Å². The molecule has 0 radical (unpaired) electrons. The van der Waals surface area contributed by atoms with E-state index in [4.69, 9.17) is 17.3 Å². The van der Waals surface area contributed by atoms with Crippen LogP contribution in [-0.2, 0) is 6.42 Å². The molecule has 3 heteroatoms. The normalized spacial score (nSPS) is 16.4. The molecule has 1 aromatic carbocycles. The van der Waals surface area contributed by atoms with E-state index in [1.165, 1.54) is 12.0 Å². The molecule has 0 bridgehead atoms. The molecular weight excluding hydrogens is 268 g/mol. The first kappa shape index (κ1) is 17.5. The van der Waals surface area contributed by atoms with Crippen molar-refractivity contribution >= 4 is 11.6 Å². The second-order valence-corrected chi connectivity index (χ2v) is 7.03. The predicted molar refractivity (Wildman–Crippen MR) is 89.3 cm³/mol. The SMILES string of the molecule is CC(C)CC(C)N(C)C(C)(CN)Cc1ccc(Cl)cc1. The van der Waals surface area contributed by atoms with Crippen LogP contribution in [0.2, 0.25) is 5.02 Å². The van der Waals surface area contributed by atoms with Crippen LogP contribution in [0, 0.1) is 5.92 Å². The van der Waals surface area contributed by atoms with E-state index in [9.17, 15) is 0 Å². The van der Waals surface area contributed by atoms with Gasteiger partial charge in [-0.2, -0.15) is 0 Å². The number of benzene rings is 1. The molecule has 0 saturated heterocycles. The monoisotopic (exact) mass is 296 g/mol. The Bertz CT molecular complexity index is 402. The summed E-state index contributed by atoms with van der Waals surface area (Å²) in [7, 11) is 2.19. The highest BCUT2D eigenvalue weighted by Gasteiger charge is 2.31. The number of likely N-dealkylation sites (N-methyl/N-ethyl adjacent to an activating group) is 1. The lowest BCUT2D eigenvalue weighted by molar-refractivity contribution is 0.0889. The van der Waals surface area contributed by atoms with Gasteiger partial charge in [0.05, 0.1) is 0 Å². The summed E-state index contributed by atoms with van der Waals surface area (Å²) >= 11 is 5.95. The molecule has 0 aliphatic heterocycles. The maximum atomic E-state index is 6.09. The molecule has 0 spiro atoms. The molecule has 0 amide bonds. The number of hydrogen-bond acceptors (Lipinski definition) is 2. The predicted octanol–water partition coefficient (Wildman–Crippen LogP) is 3.97. The molecule has 0 aromatic heterocycles. The fourth-order valence-corrected chi connectivity index (χ4v) is 2.88. The van der Waals surface area contributed by atoms with Crippen molar-refractivity contribution in [2.75, 3.05) is 13.6 Å². The van der Waals surface area contributed by atoms with E-state index in [0.717, 1.165) is 11.4 Å². The van der Waals surface area contributed by atoms with Gasteiger partial charge in [-0.1, -0.05) is 37.6 Å². The summed E-state index contributed by atoms with van der Waals surface area (Å²) in [6.07, 6.45) is 2.13. The maximum Gasteiger partial charge on any atom is 0.0406 e. The quantitative estimate of drug-likeness (QED) is 0.825. The van der Waals surface area contributed by atoms with Crippen LogP contribution in [0.25, 0.3) is 0 Å². The fourth-order valence-electron chi connectivity index (χ4n) is 2.76. The van der Waals surface area contributed by atoms with Gasteiger partial charge in [-0.25, -0.2) is 0 Å². The lowest BCUT2D eigenvalue weighted by Crippen LogP contribution is -2.54. The highest BCUT2D eigenvalue weighted by atomic mass is 35.5. The standard InChI is InChI=1S/C17H29ClN2/c1-13(2)10-14(3)20(5)17(4,12-19)11-15-6-8-16(18)9-7-15/h6-9,13-14H,10-12,19H2,1-5H3. The molecule has 0 heterocycles. The van der Waals surface area contributed by atoms with Crippen LogP contribution >= 0.6 is 11.6 Å². The van der Waals surface area contributed by atoms with E-state index in [0.29, 0.717) is 18.5 Å². The molecule has 0 fully saturated rings. The third-order valence-corrected chi connectivity index (χ3v) is 4.52. The first-order chi connectivity index (χ1) is 9.28. The molecule has 20 heavy (non-hydrogen) atoms. The summed E-state index contributed by atoms with van der Waals surface area (Å²) in [4.78, 5) is 2.43. The van der Waals surface area contributed by atoms with Crippen LogP contribution in [0.1, 0.15) is 39.7 Å². The van der Waals surface area contributed by atoms with E-state index in [-0.39, 0.29) is 5.54 Å². The number of halogens is 1. The molecule has 114 valence electrons. The van der Waals surface area contributed by atoms with Gasteiger partial charge in [0.25, 0.3) is 0 Å². The van der Waals surface area contributed by atoms with Gasteiger partial charge in [0.2, 0.25) is 0 Å². The summed E-state index contributed by atoms with van der Waals surface area (Å²) in [5.41, 5.74) is 7.34. The zero-order valence-electron chi connectivity index (χ0n) is 13.5. The van der Waals surface area contributed by atoms with Crippen LogP contribution in [0.3, 0.4) is 0 Å². The van der Waals surface area contributed by atoms with Crippen LogP contribution < -0.4 is 5.73 Å². The highest BCUT2D eigenvalue weighted by Crippen LogP contribution is 2.24. The molecule has 0 aliphatic carbocycles. The van der Waals surface area contributed by atoms with Gasteiger partial charge in [-0.15, -0.1) is 0 Å². The second-order valence-electron chi connectivity index (χ2n) is 6.59. The Kier molecular flexibility index (Phi) is 6.50. The third-order valence-electron chi connectivity index (χ3n) is 4.26. The van der Waals surface area contributed by atoms with E-state index in [2.05, 4.69) is 51.8 Å². The minimum Gasteiger partial charge on any atom is -0.329 e. The van der Waals surface area contributed by atoms with Gasteiger partial charge in [-0.3, -0.25) is 4.90 Å². The summed E-state index contributed by atoms with van der Waals surface area (Å²) in [6, 6.07) is 8.61. The van der Waals surface area contributed by atoms with Crippen molar-refractivity contribution in [3.05, 3.63) is 34.9 Å². The zero-order chi connectivity index (χ0) is 15.3. The third kappa shape index (κ3) is 4.76. The smallest absolute Gasteiger partial charge is 0.0406 e. The van der Waals surface area contributed by atoms with E-state index in [1.54, 1.807) is 0 Å². The molecule has 0 saturated carbocycles. The Morgan fingerprint density at radius 3 is 2.20 bits per heavy atom. The summed E-state index contributed by atoms with van der Waals surface area (Å²) in [5, 5.41) is 0.782. The Hall–Kier alpha value is -0.570. The van der Waals surface area contributed by atoms with Crippen LogP contribution in [0.4, 0.5) is 0 Å². The Morgan fingerprint density at radius 1 is 1.20 bits per heavy atom. The van der Waals surface area contributed by atoms with Crippen molar-refractivity contribution < 1.29 is 0 Å². The molecule has 2 unspecified atom stereocenters. The van der Waals surface area contributed by atoms with Gasteiger partial charge in [0.15, 0.2) is 0 Å². The largest absolute Gasteiger partial charge is 0.329 e. The first-order valence-corrected chi connectivity index (χ1v) is 7.83. The van der Waals surface area contributed by atoms with Gasteiger partial charge in [0, 0.05) is 23.1 Å². The summed E-state index contributed by atoms with van der Waals surface area (Å²) in [6.45, 7) is 9.72. The van der Waals surface area contributed by atoms with Gasteiger partial charge in [0.1, 0.15) is 0 Å². The van der Waals surface area contributed by atoms with Gasteiger partial charge in [-0.05, 0) is 57.4 Å². The lowest BCUT2D eigenvalue weighted by atomic mass is 9.89. The maximum absolute atomic E-state index is 6.09. The second kappa shape index (κ2) is 7.44. The van der Waals surface area contributed by atoms with Crippen molar-refractivity contribution in [1.29, 1.82) is 0 Å². The van der Waals surface area contributed by atoms with Gasteiger partial charge < -0.3 is 5.73 Å². The average Bonchev–Trinajstić information content (AvgIpc) is 2.39. The Labute approximate surface area is 129 Å². The van der Waals surface area contributed by atoms with Gasteiger partial charge >= 0.3 is 0 Å². The topological polar surface area (TPSA) is 29.3 Å². The minimum absolute atomic E-state index is 0.0257. The molecule has 0 aliphatic rings. The summed E-state index contributed by atoms with van der Waals surface area (Å²) in [5.74, 6) is 0.699. The molecular formula is C17H29ClN2. The zero-order valence-corrected chi connectivity index (χ0v) is 14.2. The molecule has 2 N–H and O–H groups in total. The van der Waals surface area contributed by atoms with E-state index >= 15 is 0 Å². The fraction of sp³-hybridized carbons (Fsp3) is 0.647. The van der Waals surface area contributed by atoms with Crippen LogP contribution in [-0.4, -0.2) is 30.1 Å². The highest BCUT2D eigenvalue weighted by molar-refractivity contribution is 6.30. The average molecular weight is 297 g/mol. The van der Waals surface area contributed by atoms with Crippen LogP contribution in [0.5, 0.6) is 0 Å². The lowest BCUT2D eigenvalue weighted by Gasteiger charge is -2.42. The summed E-state index contributed by atoms with van der Waals surface area (Å²) < 4.78 is 0. The molecule has 2 atom stereocenters. The van der Waals surface area contributed by atoms with Crippen molar-refractivity contribution in [1.82, 2.24) is 4.90 Å². The van der Waals surface area contributed by atoms with Crippen LogP contribution in [0.15, 0.2) is 24.3 Å². The van der Waals surface area contributed by atoms with E-state index in [1.807, 2.05) is 12.1 Å². The Balaban J connectivity index is 2.82. The molecule has 2 nitrogen and oxygen atoms in total. The van der Waals surface area contributed by atoms with Crippen molar-refractivity contribution in [2.24, 2.45) is 11.7 Å². The van der Waals surface area contributed by atoms with Crippen molar-refractivity contribution in [3.63, 3.8) is 0 Å². The number of nitrogens with two attached hydrogens (primary N) is 1. The first-order valence-electron chi connectivity index (χ1n) is 7.46. The number of rotatable bonds is 7. The Morgan fingerprint density at radius 2 is 1.75 bits per heavy atom. The molecule has 1 aromatic rings. The number of nitrogens with zero attached hydrogens (tertiary/aromatic N) is 1. The minimum atomic E-state index is -0.0257. The molecule has 1 rings (SSSR count). The number of hydrogen-bond donors (Lipinski definition) is 1.